The third-order valence-electron chi connectivity index (χ3n) is 3.36. The Bertz CT molecular complexity index is 851. The summed E-state index contributed by atoms with van der Waals surface area (Å²) in [5, 5.41) is 16.1. The number of hydrogen-bond acceptors (Lipinski definition) is 4. The normalized spacial score (nSPS) is 11.6. The number of phenols is 1. The molecule has 0 aliphatic carbocycles. The molecule has 1 heterocycles. The van der Waals surface area contributed by atoms with E-state index in [2.05, 4.69) is 10.5 Å². The number of nitrogens with zero attached hydrogens (tertiary/aromatic N) is 1. The van der Waals surface area contributed by atoms with Crippen molar-refractivity contribution in [2.24, 2.45) is 5.10 Å². The van der Waals surface area contributed by atoms with E-state index in [1.165, 1.54) is 6.26 Å². The summed E-state index contributed by atoms with van der Waals surface area (Å²) < 4.78 is 4.98. The monoisotopic (exact) mass is 294 g/mol. The van der Waals surface area contributed by atoms with Gasteiger partial charge in [0, 0.05) is 10.9 Å². The molecule has 0 saturated heterocycles. The lowest BCUT2D eigenvalue weighted by Gasteiger charge is -2.07. The van der Waals surface area contributed by atoms with E-state index in [1.807, 2.05) is 30.3 Å². The Hall–Kier alpha value is -3.08. The molecule has 0 radical (unpaired) electrons. The van der Waals surface area contributed by atoms with E-state index in [4.69, 9.17) is 4.42 Å². The van der Waals surface area contributed by atoms with Gasteiger partial charge in [-0.2, -0.15) is 5.10 Å². The van der Waals surface area contributed by atoms with Crippen LogP contribution < -0.4 is 5.43 Å². The van der Waals surface area contributed by atoms with Gasteiger partial charge >= 0.3 is 5.91 Å². The topological polar surface area (TPSA) is 74.8 Å². The molecule has 1 amide bonds. The number of fused-ring (bicyclic) bond motifs is 1. The Labute approximate surface area is 126 Å². The molecule has 22 heavy (non-hydrogen) atoms. The number of furan rings is 1. The lowest BCUT2D eigenvalue weighted by molar-refractivity contribution is 0.0927. The number of benzene rings is 2. The van der Waals surface area contributed by atoms with Crippen LogP contribution >= 0.6 is 0 Å². The van der Waals surface area contributed by atoms with Crippen molar-refractivity contribution in [3.8, 4) is 5.75 Å². The fourth-order valence-corrected chi connectivity index (χ4v) is 2.20. The molecule has 2 N–H and O–H groups in total. The van der Waals surface area contributed by atoms with Crippen molar-refractivity contribution in [3.63, 3.8) is 0 Å². The van der Waals surface area contributed by atoms with Crippen molar-refractivity contribution in [1.29, 1.82) is 0 Å². The predicted molar refractivity (Wildman–Crippen MR) is 84.0 cm³/mol. The minimum atomic E-state index is -0.440. The maximum absolute atomic E-state index is 11.8. The molecule has 0 atom stereocenters. The van der Waals surface area contributed by atoms with Crippen LogP contribution in [0.25, 0.3) is 10.8 Å². The Balaban J connectivity index is 1.88. The van der Waals surface area contributed by atoms with Gasteiger partial charge in [0.25, 0.3) is 0 Å². The summed E-state index contributed by atoms with van der Waals surface area (Å²) in [7, 11) is 0. The molecule has 0 bridgehead atoms. The molecule has 5 heteroatoms. The highest BCUT2D eigenvalue weighted by atomic mass is 16.3. The van der Waals surface area contributed by atoms with Crippen molar-refractivity contribution in [2.45, 2.75) is 6.92 Å². The van der Waals surface area contributed by atoms with Crippen LogP contribution in [-0.2, 0) is 0 Å². The molecular formula is C17H14N2O3. The van der Waals surface area contributed by atoms with Crippen LogP contribution in [0.2, 0.25) is 0 Å². The van der Waals surface area contributed by atoms with Crippen LogP contribution in [0.15, 0.2) is 64.3 Å². The maximum Gasteiger partial charge on any atom is 0.307 e. The standard InChI is InChI=1S/C17H14N2O3/c1-11(18-19-17(21)15-7-4-10-22-15)13-9-8-12-5-2-3-6-14(12)16(13)20/h2-10,20H,1H3,(H,19,21)/b18-11-. The average molecular weight is 294 g/mol. The summed E-state index contributed by atoms with van der Waals surface area (Å²) >= 11 is 0. The first-order valence-electron chi connectivity index (χ1n) is 6.76. The molecule has 2 aromatic carbocycles. The Morgan fingerprint density at radius 2 is 1.95 bits per heavy atom. The number of hydrazone groups is 1. The van der Waals surface area contributed by atoms with Crippen LogP contribution in [0.1, 0.15) is 23.0 Å². The van der Waals surface area contributed by atoms with Crippen LogP contribution in [0.4, 0.5) is 0 Å². The van der Waals surface area contributed by atoms with E-state index >= 15 is 0 Å². The number of amides is 1. The molecule has 1 aromatic heterocycles. The zero-order chi connectivity index (χ0) is 15.5. The molecule has 0 saturated carbocycles. The fraction of sp³-hybridized carbons (Fsp3) is 0.0588. The van der Waals surface area contributed by atoms with Gasteiger partial charge in [-0.05, 0) is 30.5 Å². The van der Waals surface area contributed by atoms with Crippen molar-refractivity contribution in [3.05, 3.63) is 66.1 Å². The van der Waals surface area contributed by atoms with Gasteiger partial charge in [0.1, 0.15) is 5.75 Å². The van der Waals surface area contributed by atoms with Gasteiger partial charge in [0.2, 0.25) is 0 Å². The molecule has 0 spiro atoms. The molecule has 110 valence electrons. The van der Waals surface area contributed by atoms with E-state index in [-0.39, 0.29) is 11.5 Å². The molecule has 3 rings (SSSR count). The highest BCUT2D eigenvalue weighted by Crippen LogP contribution is 2.28. The van der Waals surface area contributed by atoms with Gasteiger partial charge in [-0.3, -0.25) is 4.79 Å². The number of phenolic OH excluding ortho intramolecular Hbond substituents is 1. The summed E-state index contributed by atoms with van der Waals surface area (Å²) in [6, 6.07) is 14.4. The first-order chi connectivity index (χ1) is 10.7. The SMILES string of the molecule is C/C(=N/NC(=O)c1ccco1)c1ccc2ccccc2c1O. The summed E-state index contributed by atoms with van der Waals surface area (Å²) in [5.41, 5.74) is 3.47. The molecule has 0 aliphatic heterocycles. The minimum absolute atomic E-state index is 0.145. The number of hydrogen-bond donors (Lipinski definition) is 2. The van der Waals surface area contributed by atoms with Gasteiger partial charge in [-0.1, -0.05) is 30.3 Å². The number of carbonyl (C=O) groups excluding carboxylic acids is 1. The second-order valence-corrected chi connectivity index (χ2v) is 4.80. The average Bonchev–Trinajstić information content (AvgIpc) is 3.07. The summed E-state index contributed by atoms with van der Waals surface area (Å²) in [5.74, 6) is -0.115. The third kappa shape index (κ3) is 2.56. The van der Waals surface area contributed by atoms with Crippen molar-refractivity contribution in [2.75, 3.05) is 0 Å². The maximum atomic E-state index is 11.8. The summed E-state index contributed by atoms with van der Waals surface area (Å²) in [6.07, 6.45) is 1.42. The zero-order valence-electron chi connectivity index (χ0n) is 11.9. The van der Waals surface area contributed by atoms with Crippen LogP contribution in [0.3, 0.4) is 0 Å². The highest BCUT2D eigenvalue weighted by molar-refractivity contribution is 6.06. The van der Waals surface area contributed by atoms with Gasteiger partial charge in [0.15, 0.2) is 5.76 Å². The van der Waals surface area contributed by atoms with Crippen LogP contribution in [0, 0.1) is 0 Å². The molecule has 5 nitrogen and oxygen atoms in total. The Morgan fingerprint density at radius 1 is 1.14 bits per heavy atom. The molecule has 0 fully saturated rings. The third-order valence-corrected chi connectivity index (χ3v) is 3.36. The Morgan fingerprint density at radius 3 is 2.73 bits per heavy atom. The van der Waals surface area contributed by atoms with E-state index < -0.39 is 5.91 Å². The van der Waals surface area contributed by atoms with Crippen LogP contribution in [0.5, 0.6) is 5.75 Å². The minimum Gasteiger partial charge on any atom is -0.507 e. The summed E-state index contributed by atoms with van der Waals surface area (Å²) in [4.78, 5) is 11.8. The zero-order valence-corrected chi connectivity index (χ0v) is 11.9. The van der Waals surface area contributed by atoms with Crippen molar-refractivity contribution in [1.82, 2.24) is 5.43 Å². The molecule has 0 unspecified atom stereocenters. The predicted octanol–water partition coefficient (Wildman–Crippen LogP) is 3.29. The fourth-order valence-electron chi connectivity index (χ4n) is 2.20. The lowest BCUT2D eigenvalue weighted by atomic mass is 10.0. The van der Waals surface area contributed by atoms with Crippen molar-refractivity contribution < 1.29 is 14.3 Å². The van der Waals surface area contributed by atoms with Crippen LogP contribution in [-0.4, -0.2) is 16.7 Å². The largest absolute Gasteiger partial charge is 0.507 e. The molecular weight excluding hydrogens is 280 g/mol. The highest BCUT2D eigenvalue weighted by Gasteiger charge is 2.10. The van der Waals surface area contributed by atoms with E-state index in [9.17, 15) is 9.90 Å². The lowest BCUT2D eigenvalue weighted by Crippen LogP contribution is -2.18. The number of rotatable bonds is 3. The van der Waals surface area contributed by atoms with E-state index in [0.29, 0.717) is 11.3 Å². The second-order valence-electron chi connectivity index (χ2n) is 4.80. The van der Waals surface area contributed by atoms with E-state index in [0.717, 1.165) is 10.8 Å². The smallest absolute Gasteiger partial charge is 0.307 e. The van der Waals surface area contributed by atoms with E-state index in [1.54, 1.807) is 25.1 Å². The molecule has 3 aromatic rings. The number of aromatic hydroxyl groups is 1. The first-order valence-corrected chi connectivity index (χ1v) is 6.76. The first kappa shape index (κ1) is 13.9. The van der Waals surface area contributed by atoms with Gasteiger partial charge in [-0.15, -0.1) is 0 Å². The Kier molecular flexibility index (Phi) is 3.62. The van der Waals surface area contributed by atoms with Gasteiger partial charge < -0.3 is 9.52 Å². The van der Waals surface area contributed by atoms with Crippen molar-refractivity contribution >= 4 is 22.4 Å². The number of nitrogens with one attached hydrogen (secondary N) is 1. The second kappa shape index (κ2) is 5.73. The van der Waals surface area contributed by atoms with Gasteiger partial charge in [-0.25, -0.2) is 5.43 Å². The van der Waals surface area contributed by atoms with Gasteiger partial charge in [0.05, 0.1) is 12.0 Å². The molecule has 0 aliphatic rings. The summed E-state index contributed by atoms with van der Waals surface area (Å²) in [6.45, 7) is 1.71. The quantitative estimate of drug-likeness (QED) is 0.575. The number of carbonyl (C=O) groups is 1.